The number of aryl methyl sites for hydroxylation is 1. The van der Waals surface area contributed by atoms with E-state index in [1.54, 1.807) is 0 Å². The number of aromatic nitrogens is 1. The monoisotopic (exact) mass is 190 g/mol. The fourth-order valence-corrected chi connectivity index (χ4v) is 2.05. The first-order valence-electron chi connectivity index (χ1n) is 5.45. The van der Waals surface area contributed by atoms with E-state index in [9.17, 15) is 0 Å². The molecule has 0 aromatic carbocycles. The molecule has 2 rings (SSSR count). The van der Waals surface area contributed by atoms with Gasteiger partial charge < -0.3 is 5.32 Å². The van der Waals surface area contributed by atoms with E-state index in [2.05, 4.69) is 30.2 Å². The van der Waals surface area contributed by atoms with Gasteiger partial charge in [0.15, 0.2) is 0 Å². The van der Waals surface area contributed by atoms with Crippen molar-refractivity contribution in [2.75, 3.05) is 5.32 Å². The number of rotatable bonds is 3. The molecule has 1 saturated carbocycles. The molecule has 1 fully saturated rings. The van der Waals surface area contributed by atoms with Crippen LogP contribution in [0.5, 0.6) is 0 Å². The fourth-order valence-electron chi connectivity index (χ4n) is 2.05. The highest BCUT2D eigenvalue weighted by atomic mass is 15.1. The van der Waals surface area contributed by atoms with E-state index < -0.39 is 0 Å². The van der Waals surface area contributed by atoms with Gasteiger partial charge in [-0.15, -0.1) is 0 Å². The molecular formula is C12H18N2. The van der Waals surface area contributed by atoms with E-state index in [4.69, 9.17) is 0 Å². The highest BCUT2D eigenvalue weighted by Gasteiger charge is 2.34. The van der Waals surface area contributed by atoms with Crippen LogP contribution < -0.4 is 5.32 Å². The molecule has 0 amide bonds. The Hall–Kier alpha value is -1.05. The highest BCUT2D eigenvalue weighted by Crippen LogP contribution is 2.37. The summed E-state index contributed by atoms with van der Waals surface area (Å²) in [5, 5.41) is 3.57. The van der Waals surface area contributed by atoms with E-state index in [1.807, 2.05) is 12.3 Å². The second-order valence-electron chi connectivity index (χ2n) is 4.33. The van der Waals surface area contributed by atoms with Gasteiger partial charge in [-0.1, -0.05) is 6.92 Å². The maximum absolute atomic E-state index is 4.34. The molecule has 0 unspecified atom stereocenters. The van der Waals surface area contributed by atoms with Gasteiger partial charge in [0, 0.05) is 11.7 Å². The molecule has 1 N–H and O–H groups in total. The maximum atomic E-state index is 4.34. The van der Waals surface area contributed by atoms with Gasteiger partial charge in [0.1, 0.15) is 5.82 Å². The molecule has 0 saturated heterocycles. The SMILES string of the molecule is CCC1(Nc2cc(C)ccn2)CCC1. The predicted octanol–water partition coefficient (Wildman–Crippen LogP) is 3.13. The smallest absolute Gasteiger partial charge is 0.126 e. The molecule has 1 heterocycles. The summed E-state index contributed by atoms with van der Waals surface area (Å²) in [5.74, 6) is 1.03. The lowest BCUT2D eigenvalue weighted by Gasteiger charge is -2.42. The third-order valence-corrected chi connectivity index (χ3v) is 3.30. The van der Waals surface area contributed by atoms with Crippen molar-refractivity contribution in [2.24, 2.45) is 0 Å². The molecule has 1 aromatic heterocycles. The molecule has 0 bridgehead atoms. The molecule has 2 heteroatoms. The molecule has 0 radical (unpaired) electrons. The molecule has 2 nitrogen and oxygen atoms in total. The molecular weight excluding hydrogens is 172 g/mol. The number of hydrogen-bond donors (Lipinski definition) is 1. The average Bonchev–Trinajstić information content (AvgIpc) is 2.11. The lowest BCUT2D eigenvalue weighted by molar-refractivity contribution is 0.269. The van der Waals surface area contributed by atoms with E-state index in [1.165, 1.54) is 31.2 Å². The van der Waals surface area contributed by atoms with Gasteiger partial charge in [-0.2, -0.15) is 0 Å². The summed E-state index contributed by atoms with van der Waals surface area (Å²) in [6.45, 7) is 4.36. The van der Waals surface area contributed by atoms with Crippen LogP contribution >= 0.6 is 0 Å². The van der Waals surface area contributed by atoms with E-state index in [0.29, 0.717) is 5.54 Å². The maximum Gasteiger partial charge on any atom is 0.126 e. The van der Waals surface area contributed by atoms with Crippen LogP contribution in [0, 0.1) is 6.92 Å². The molecule has 0 aliphatic heterocycles. The van der Waals surface area contributed by atoms with Crippen LogP contribution in [-0.2, 0) is 0 Å². The van der Waals surface area contributed by atoms with Crippen LogP contribution in [0.4, 0.5) is 5.82 Å². The van der Waals surface area contributed by atoms with Crippen LogP contribution in [0.3, 0.4) is 0 Å². The zero-order valence-corrected chi connectivity index (χ0v) is 9.01. The summed E-state index contributed by atoms with van der Waals surface area (Å²) in [4.78, 5) is 4.34. The van der Waals surface area contributed by atoms with Gasteiger partial charge in [-0.25, -0.2) is 4.98 Å². The first-order valence-corrected chi connectivity index (χ1v) is 5.45. The summed E-state index contributed by atoms with van der Waals surface area (Å²) >= 11 is 0. The molecule has 14 heavy (non-hydrogen) atoms. The Kier molecular flexibility index (Phi) is 2.44. The molecule has 1 aromatic rings. The van der Waals surface area contributed by atoms with Gasteiger partial charge in [-0.3, -0.25) is 0 Å². The van der Waals surface area contributed by atoms with Crippen molar-refractivity contribution in [3.63, 3.8) is 0 Å². The van der Waals surface area contributed by atoms with Crippen LogP contribution in [0.1, 0.15) is 38.2 Å². The number of anilines is 1. The lowest BCUT2D eigenvalue weighted by Crippen LogP contribution is -2.44. The van der Waals surface area contributed by atoms with E-state index in [0.717, 1.165) is 5.82 Å². The van der Waals surface area contributed by atoms with Gasteiger partial charge in [0.2, 0.25) is 0 Å². The summed E-state index contributed by atoms with van der Waals surface area (Å²) in [7, 11) is 0. The van der Waals surface area contributed by atoms with Gasteiger partial charge in [0.25, 0.3) is 0 Å². The lowest BCUT2D eigenvalue weighted by atomic mass is 9.75. The van der Waals surface area contributed by atoms with Crippen LogP contribution in [-0.4, -0.2) is 10.5 Å². The van der Waals surface area contributed by atoms with E-state index >= 15 is 0 Å². The second-order valence-corrected chi connectivity index (χ2v) is 4.33. The highest BCUT2D eigenvalue weighted by molar-refractivity contribution is 5.40. The first-order chi connectivity index (χ1) is 6.74. The Balaban J connectivity index is 2.09. The number of hydrogen-bond acceptors (Lipinski definition) is 2. The minimum atomic E-state index is 0.348. The predicted molar refractivity (Wildman–Crippen MR) is 59.5 cm³/mol. The largest absolute Gasteiger partial charge is 0.365 e. The second kappa shape index (κ2) is 3.60. The summed E-state index contributed by atoms with van der Waals surface area (Å²) in [5.41, 5.74) is 1.62. The standard InChI is InChI=1S/C12H18N2/c1-3-12(6-4-7-12)14-11-9-10(2)5-8-13-11/h5,8-9H,3-4,6-7H2,1-2H3,(H,13,14). The average molecular weight is 190 g/mol. The van der Waals surface area contributed by atoms with E-state index in [-0.39, 0.29) is 0 Å². The number of pyridine rings is 1. The zero-order valence-electron chi connectivity index (χ0n) is 9.01. The molecule has 76 valence electrons. The Bertz CT molecular complexity index is 310. The van der Waals surface area contributed by atoms with Crippen molar-refractivity contribution in [1.82, 2.24) is 4.98 Å². The molecule has 0 spiro atoms. The minimum absolute atomic E-state index is 0.348. The quantitative estimate of drug-likeness (QED) is 0.792. The Morgan fingerprint density at radius 3 is 2.79 bits per heavy atom. The van der Waals surface area contributed by atoms with Gasteiger partial charge in [0.05, 0.1) is 0 Å². The Labute approximate surface area is 85.7 Å². The summed E-state index contributed by atoms with van der Waals surface area (Å²) in [6, 6.07) is 4.15. The summed E-state index contributed by atoms with van der Waals surface area (Å²) in [6.07, 6.45) is 7.01. The third-order valence-electron chi connectivity index (χ3n) is 3.30. The topological polar surface area (TPSA) is 24.9 Å². The van der Waals surface area contributed by atoms with Crippen molar-refractivity contribution in [3.05, 3.63) is 23.9 Å². The molecule has 1 aliphatic rings. The first kappa shape index (κ1) is 9.50. The van der Waals surface area contributed by atoms with Crippen molar-refractivity contribution in [3.8, 4) is 0 Å². The van der Waals surface area contributed by atoms with Crippen molar-refractivity contribution in [2.45, 2.75) is 45.1 Å². The van der Waals surface area contributed by atoms with Crippen molar-refractivity contribution < 1.29 is 0 Å². The minimum Gasteiger partial charge on any atom is -0.365 e. The van der Waals surface area contributed by atoms with Gasteiger partial charge in [-0.05, 0) is 50.3 Å². The zero-order chi connectivity index (χ0) is 10.0. The molecule has 1 aliphatic carbocycles. The Morgan fingerprint density at radius 1 is 1.50 bits per heavy atom. The Morgan fingerprint density at radius 2 is 2.29 bits per heavy atom. The molecule has 0 atom stereocenters. The summed E-state index contributed by atoms with van der Waals surface area (Å²) < 4.78 is 0. The van der Waals surface area contributed by atoms with Crippen molar-refractivity contribution in [1.29, 1.82) is 0 Å². The van der Waals surface area contributed by atoms with Crippen LogP contribution in [0.2, 0.25) is 0 Å². The van der Waals surface area contributed by atoms with Crippen LogP contribution in [0.25, 0.3) is 0 Å². The van der Waals surface area contributed by atoms with Gasteiger partial charge >= 0.3 is 0 Å². The van der Waals surface area contributed by atoms with Crippen LogP contribution in [0.15, 0.2) is 18.3 Å². The third kappa shape index (κ3) is 1.74. The fraction of sp³-hybridized carbons (Fsp3) is 0.583. The van der Waals surface area contributed by atoms with Crippen molar-refractivity contribution >= 4 is 5.82 Å². The normalized spacial score (nSPS) is 18.7. The number of nitrogens with zero attached hydrogens (tertiary/aromatic N) is 1. The number of nitrogens with one attached hydrogen (secondary N) is 1.